The lowest BCUT2D eigenvalue weighted by molar-refractivity contribution is -0.119. The van der Waals surface area contributed by atoms with Crippen LogP contribution in [0.25, 0.3) is 0 Å². The zero-order chi connectivity index (χ0) is 18.7. The number of aryl methyl sites for hydroxylation is 2. The number of hydrogen-bond donors (Lipinski definition) is 1. The lowest BCUT2D eigenvalue weighted by Crippen LogP contribution is -2.21. The number of rotatable bonds is 4. The van der Waals surface area contributed by atoms with Crippen LogP contribution in [0.4, 0.5) is 5.00 Å². The Bertz CT molecular complexity index is 909. The van der Waals surface area contributed by atoms with E-state index in [1.54, 1.807) is 12.1 Å². The molecule has 0 saturated heterocycles. The Kier molecular flexibility index (Phi) is 5.38. The summed E-state index contributed by atoms with van der Waals surface area (Å²) < 4.78 is 5.14. The highest BCUT2D eigenvalue weighted by molar-refractivity contribution is 7.16. The lowest BCUT2D eigenvalue weighted by Gasteiger charge is -2.09. The van der Waals surface area contributed by atoms with E-state index in [-0.39, 0.29) is 6.61 Å². The molecule has 1 aromatic carbocycles. The Hall–Kier alpha value is -2.65. The molecule has 0 atom stereocenters. The summed E-state index contributed by atoms with van der Waals surface area (Å²) in [7, 11) is 0. The number of anilines is 1. The minimum Gasteiger partial charge on any atom is -0.452 e. The molecule has 1 aromatic heterocycles. The van der Waals surface area contributed by atoms with Gasteiger partial charge in [-0.3, -0.25) is 4.79 Å². The average molecular weight is 368 g/mol. The van der Waals surface area contributed by atoms with Crippen LogP contribution in [0.3, 0.4) is 0 Å². The predicted molar refractivity (Wildman–Crippen MR) is 101 cm³/mol. The molecule has 26 heavy (non-hydrogen) atoms. The standard InChI is InChI=1S/C20H20N2O3S/c1-12-6-5-8-14(13(12)2)20(24)25-11-18(23)22-19-16(10-21)15-7-3-4-9-17(15)26-19/h5-6,8H,3-4,7,9,11H2,1-2H3,(H,22,23). The summed E-state index contributed by atoms with van der Waals surface area (Å²) in [4.78, 5) is 25.6. The van der Waals surface area contributed by atoms with Crippen molar-refractivity contribution in [3.05, 3.63) is 50.9 Å². The first-order valence-electron chi connectivity index (χ1n) is 8.59. The van der Waals surface area contributed by atoms with Crippen molar-refractivity contribution in [2.45, 2.75) is 39.5 Å². The highest BCUT2D eigenvalue weighted by atomic mass is 32.1. The number of thiophene rings is 1. The summed E-state index contributed by atoms with van der Waals surface area (Å²) in [6.45, 7) is 3.39. The zero-order valence-corrected chi connectivity index (χ0v) is 15.7. The number of carbonyl (C=O) groups is 2. The van der Waals surface area contributed by atoms with Crippen LogP contribution in [0.5, 0.6) is 0 Å². The van der Waals surface area contributed by atoms with Crippen molar-refractivity contribution < 1.29 is 14.3 Å². The second-order valence-corrected chi connectivity index (χ2v) is 7.50. The summed E-state index contributed by atoms with van der Waals surface area (Å²) in [5, 5.41) is 12.7. The van der Waals surface area contributed by atoms with Crippen molar-refractivity contribution in [1.29, 1.82) is 5.26 Å². The van der Waals surface area contributed by atoms with Gasteiger partial charge < -0.3 is 10.1 Å². The Morgan fingerprint density at radius 1 is 1.27 bits per heavy atom. The second-order valence-electron chi connectivity index (χ2n) is 6.40. The molecule has 0 aliphatic heterocycles. The number of fused-ring (bicyclic) bond motifs is 1. The maximum Gasteiger partial charge on any atom is 0.338 e. The van der Waals surface area contributed by atoms with Gasteiger partial charge in [-0.25, -0.2) is 4.79 Å². The molecule has 1 amide bonds. The summed E-state index contributed by atoms with van der Waals surface area (Å²) in [6.07, 6.45) is 4.01. The Morgan fingerprint density at radius 3 is 2.81 bits per heavy atom. The predicted octanol–water partition coefficient (Wildman–Crippen LogP) is 3.91. The van der Waals surface area contributed by atoms with Gasteiger partial charge >= 0.3 is 5.97 Å². The first-order valence-corrected chi connectivity index (χ1v) is 9.40. The van der Waals surface area contributed by atoms with Crippen molar-refractivity contribution >= 4 is 28.2 Å². The van der Waals surface area contributed by atoms with Gasteiger partial charge in [-0.15, -0.1) is 11.3 Å². The van der Waals surface area contributed by atoms with Crippen LogP contribution in [0.15, 0.2) is 18.2 Å². The molecule has 5 nitrogen and oxygen atoms in total. The van der Waals surface area contributed by atoms with Crippen molar-refractivity contribution in [2.24, 2.45) is 0 Å². The molecule has 0 bridgehead atoms. The third-order valence-electron chi connectivity index (χ3n) is 4.69. The van der Waals surface area contributed by atoms with Crippen LogP contribution in [-0.2, 0) is 22.4 Å². The van der Waals surface area contributed by atoms with Crippen molar-refractivity contribution in [3.63, 3.8) is 0 Å². The minimum absolute atomic E-state index is 0.375. The number of hydrogen-bond acceptors (Lipinski definition) is 5. The number of amides is 1. The summed E-state index contributed by atoms with van der Waals surface area (Å²) >= 11 is 1.45. The van der Waals surface area contributed by atoms with Crippen LogP contribution in [0, 0.1) is 25.2 Å². The van der Waals surface area contributed by atoms with Crippen molar-refractivity contribution in [3.8, 4) is 6.07 Å². The van der Waals surface area contributed by atoms with Gasteiger partial charge in [-0.2, -0.15) is 5.26 Å². The molecular weight excluding hydrogens is 348 g/mol. The molecule has 1 N–H and O–H groups in total. The van der Waals surface area contributed by atoms with E-state index in [1.165, 1.54) is 16.2 Å². The van der Waals surface area contributed by atoms with Gasteiger partial charge in [0.2, 0.25) is 0 Å². The zero-order valence-electron chi connectivity index (χ0n) is 14.8. The third kappa shape index (κ3) is 3.63. The van der Waals surface area contributed by atoms with E-state index in [0.717, 1.165) is 42.4 Å². The van der Waals surface area contributed by atoms with E-state index >= 15 is 0 Å². The number of esters is 1. The number of ether oxygens (including phenoxy) is 1. The van der Waals surface area contributed by atoms with Crippen LogP contribution < -0.4 is 5.32 Å². The molecule has 2 aromatic rings. The van der Waals surface area contributed by atoms with Crippen molar-refractivity contribution in [1.82, 2.24) is 0 Å². The lowest BCUT2D eigenvalue weighted by atomic mass is 9.96. The van der Waals surface area contributed by atoms with Gasteiger partial charge in [0.05, 0.1) is 11.1 Å². The van der Waals surface area contributed by atoms with Gasteiger partial charge in [0.25, 0.3) is 5.91 Å². The van der Waals surface area contributed by atoms with Gasteiger partial charge in [0.15, 0.2) is 6.61 Å². The number of benzene rings is 1. The van der Waals surface area contributed by atoms with Crippen LogP contribution in [-0.4, -0.2) is 18.5 Å². The van der Waals surface area contributed by atoms with Gasteiger partial charge in [0, 0.05) is 4.88 Å². The monoisotopic (exact) mass is 368 g/mol. The molecule has 0 radical (unpaired) electrons. The molecule has 134 valence electrons. The molecular formula is C20H20N2O3S. The molecule has 1 heterocycles. The summed E-state index contributed by atoms with van der Waals surface area (Å²) in [5.41, 5.74) is 3.91. The van der Waals surface area contributed by atoms with E-state index in [4.69, 9.17) is 4.74 Å². The molecule has 0 unspecified atom stereocenters. The fourth-order valence-electron chi connectivity index (χ4n) is 3.12. The van der Waals surface area contributed by atoms with E-state index in [1.807, 2.05) is 19.9 Å². The fraction of sp³-hybridized carbons (Fsp3) is 0.350. The number of nitrogens with zero attached hydrogens (tertiary/aromatic N) is 1. The van der Waals surface area contributed by atoms with E-state index in [9.17, 15) is 14.9 Å². The maximum atomic E-state index is 12.2. The number of carbonyl (C=O) groups excluding carboxylic acids is 2. The largest absolute Gasteiger partial charge is 0.452 e. The molecule has 0 spiro atoms. The normalized spacial score (nSPS) is 12.8. The number of nitriles is 1. The fourth-order valence-corrected chi connectivity index (χ4v) is 4.37. The smallest absolute Gasteiger partial charge is 0.338 e. The first kappa shape index (κ1) is 18.2. The third-order valence-corrected chi connectivity index (χ3v) is 5.90. The van der Waals surface area contributed by atoms with Crippen LogP contribution >= 0.6 is 11.3 Å². The molecule has 0 saturated carbocycles. The molecule has 6 heteroatoms. The molecule has 3 rings (SSSR count). The molecule has 1 aliphatic rings. The topological polar surface area (TPSA) is 79.2 Å². The second kappa shape index (κ2) is 7.71. The van der Waals surface area contributed by atoms with Gasteiger partial charge in [0.1, 0.15) is 11.1 Å². The number of nitrogens with one attached hydrogen (secondary N) is 1. The minimum atomic E-state index is -0.521. The summed E-state index contributed by atoms with van der Waals surface area (Å²) in [6, 6.07) is 7.59. The van der Waals surface area contributed by atoms with Crippen LogP contribution in [0.1, 0.15) is 50.3 Å². The van der Waals surface area contributed by atoms with Gasteiger partial charge in [-0.05, 0) is 62.3 Å². The first-order chi connectivity index (χ1) is 12.5. The molecule has 1 aliphatic carbocycles. The Morgan fingerprint density at radius 2 is 2.04 bits per heavy atom. The van der Waals surface area contributed by atoms with Crippen LogP contribution in [0.2, 0.25) is 0 Å². The highest BCUT2D eigenvalue weighted by Crippen LogP contribution is 2.37. The molecule has 0 fully saturated rings. The summed E-state index contributed by atoms with van der Waals surface area (Å²) in [5.74, 6) is -0.953. The Labute approximate surface area is 156 Å². The SMILES string of the molecule is Cc1cccc(C(=O)OCC(=O)Nc2sc3c(c2C#N)CCCC3)c1C. The maximum absolute atomic E-state index is 12.2. The van der Waals surface area contributed by atoms with E-state index < -0.39 is 11.9 Å². The Balaban J connectivity index is 1.65. The van der Waals surface area contributed by atoms with E-state index in [2.05, 4.69) is 11.4 Å². The quantitative estimate of drug-likeness (QED) is 0.830. The average Bonchev–Trinajstić information content (AvgIpc) is 2.98. The highest BCUT2D eigenvalue weighted by Gasteiger charge is 2.22. The van der Waals surface area contributed by atoms with Gasteiger partial charge in [-0.1, -0.05) is 12.1 Å². The van der Waals surface area contributed by atoms with E-state index in [0.29, 0.717) is 16.1 Å². The van der Waals surface area contributed by atoms with Crippen molar-refractivity contribution in [2.75, 3.05) is 11.9 Å².